The number of hydrogen-bond acceptors (Lipinski definition) is 3. The molecule has 0 aliphatic heterocycles. The van der Waals surface area contributed by atoms with Crippen molar-refractivity contribution in [1.82, 2.24) is 9.38 Å². The van der Waals surface area contributed by atoms with Gasteiger partial charge in [-0.3, -0.25) is 9.20 Å². The number of hydrogen-bond donors (Lipinski definition) is 1. The quantitative estimate of drug-likeness (QED) is 0.750. The molecule has 4 nitrogen and oxygen atoms in total. The molecular weight excluding hydrogens is 308 g/mol. The molecule has 3 rings (SSSR count). The third-order valence-corrected chi connectivity index (χ3v) is 3.91. The van der Waals surface area contributed by atoms with E-state index in [-0.39, 0.29) is 17.3 Å². The van der Waals surface area contributed by atoms with Crippen molar-refractivity contribution in [3.05, 3.63) is 60.4 Å². The molecule has 2 heterocycles. The molecule has 7 heteroatoms. The van der Waals surface area contributed by atoms with E-state index in [1.54, 1.807) is 6.20 Å². The molecule has 0 fully saturated rings. The van der Waals surface area contributed by atoms with Gasteiger partial charge in [-0.05, 0) is 24.3 Å². The number of nitrogens with zero attached hydrogens (tertiary/aromatic N) is 2. The van der Waals surface area contributed by atoms with Crippen LogP contribution in [0, 0.1) is 11.6 Å². The molecule has 0 spiro atoms. The van der Waals surface area contributed by atoms with E-state index in [9.17, 15) is 13.6 Å². The Labute approximate surface area is 129 Å². The first-order chi connectivity index (χ1) is 10.6. The fourth-order valence-electron chi connectivity index (χ4n) is 1.93. The van der Waals surface area contributed by atoms with Crippen molar-refractivity contribution < 1.29 is 13.6 Å². The average molecular weight is 319 g/mol. The van der Waals surface area contributed by atoms with Crippen molar-refractivity contribution in [2.24, 2.45) is 0 Å². The van der Waals surface area contributed by atoms with Gasteiger partial charge in [0.25, 0.3) is 0 Å². The number of rotatable bonds is 4. The first-order valence-corrected chi connectivity index (χ1v) is 7.42. The smallest absolute Gasteiger partial charge is 0.234 e. The number of carbonyl (C=O) groups is 1. The summed E-state index contributed by atoms with van der Waals surface area (Å²) in [7, 11) is 0. The number of thioether (sulfide) groups is 1. The molecule has 0 aliphatic rings. The zero-order chi connectivity index (χ0) is 15.5. The Morgan fingerprint density at radius 1 is 1.23 bits per heavy atom. The van der Waals surface area contributed by atoms with Crippen molar-refractivity contribution in [2.45, 2.75) is 5.16 Å². The Kier molecular flexibility index (Phi) is 4.06. The van der Waals surface area contributed by atoms with Gasteiger partial charge < -0.3 is 5.32 Å². The van der Waals surface area contributed by atoms with Crippen LogP contribution in [0.2, 0.25) is 0 Å². The van der Waals surface area contributed by atoms with Gasteiger partial charge in [-0.15, -0.1) is 0 Å². The van der Waals surface area contributed by atoms with Gasteiger partial charge in [0.05, 0.1) is 17.5 Å². The summed E-state index contributed by atoms with van der Waals surface area (Å²) in [6, 6.07) is 8.93. The number of halogens is 2. The van der Waals surface area contributed by atoms with Gasteiger partial charge in [-0.1, -0.05) is 17.8 Å². The van der Waals surface area contributed by atoms with Gasteiger partial charge >= 0.3 is 0 Å². The topological polar surface area (TPSA) is 46.4 Å². The lowest BCUT2D eigenvalue weighted by Crippen LogP contribution is -2.14. The zero-order valence-electron chi connectivity index (χ0n) is 11.3. The van der Waals surface area contributed by atoms with Crippen molar-refractivity contribution in [3.8, 4) is 0 Å². The lowest BCUT2D eigenvalue weighted by molar-refractivity contribution is -0.113. The molecule has 0 radical (unpaired) electrons. The molecule has 0 saturated heterocycles. The van der Waals surface area contributed by atoms with Crippen molar-refractivity contribution in [3.63, 3.8) is 0 Å². The molecule has 3 aromatic rings. The first kappa shape index (κ1) is 14.5. The van der Waals surface area contributed by atoms with E-state index in [2.05, 4.69) is 10.3 Å². The highest BCUT2D eigenvalue weighted by molar-refractivity contribution is 7.99. The number of anilines is 1. The van der Waals surface area contributed by atoms with Crippen LogP contribution in [-0.2, 0) is 4.79 Å². The van der Waals surface area contributed by atoms with E-state index in [0.29, 0.717) is 5.16 Å². The molecule has 22 heavy (non-hydrogen) atoms. The maximum Gasteiger partial charge on any atom is 0.234 e. The first-order valence-electron chi connectivity index (χ1n) is 6.43. The Bertz CT molecular complexity index is 835. The van der Waals surface area contributed by atoms with Crippen LogP contribution in [0.15, 0.2) is 53.9 Å². The second kappa shape index (κ2) is 6.15. The number of pyridine rings is 1. The summed E-state index contributed by atoms with van der Waals surface area (Å²) in [5.41, 5.74) is 1.16. The van der Waals surface area contributed by atoms with Crippen LogP contribution in [0.3, 0.4) is 0 Å². The van der Waals surface area contributed by atoms with Gasteiger partial charge in [0.2, 0.25) is 5.91 Å². The summed E-state index contributed by atoms with van der Waals surface area (Å²) >= 11 is 1.26. The zero-order valence-corrected chi connectivity index (χ0v) is 12.1. The summed E-state index contributed by atoms with van der Waals surface area (Å²) < 4.78 is 27.8. The highest BCUT2D eigenvalue weighted by Gasteiger charge is 2.09. The molecule has 112 valence electrons. The molecule has 0 bridgehead atoms. The Hall–Kier alpha value is -2.41. The predicted octanol–water partition coefficient (Wildman–Crippen LogP) is 3.34. The average Bonchev–Trinajstić information content (AvgIpc) is 2.92. The summed E-state index contributed by atoms with van der Waals surface area (Å²) in [4.78, 5) is 16.1. The molecule has 1 N–H and O–H groups in total. The molecule has 0 saturated carbocycles. The molecule has 0 atom stereocenters. The highest BCUT2D eigenvalue weighted by Crippen LogP contribution is 2.19. The van der Waals surface area contributed by atoms with Crippen LogP contribution >= 0.6 is 11.8 Å². The molecule has 0 aliphatic carbocycles. The monoisotopic (exact) mass is 319 g/mol. The van der Waals surface area contributed by atoms with E-state index in [1.165, 1.54) is 17.8 Å². The summed E-state index contributed by atoms with van der Waals surface area (Å²) in [6.45, 7) is 0. The van der Waals surface area contributed by atoms with Gasteiger partial charge in [0.1, 0.15) is 0 Å². The van der Waals surface area contributed by atoms with Gasteiger partial charge in [0, 0.05) is 18.0 Å². The van der Waals surface area contributed by atoms with Crippen LogP contribution < -0.4 is 5.32 Å². The minimum Gasteiger partial charge on any atom is -0.325 e. The van der Waals surface area contributed by atoms with Crippen LogP contribution in [0.5, 0.6) is 0 Å². The Morgan fingerprint density at radius 3 is 2.91 bits per heavy atom. The molecule has 0 unspecified atom stereocenters. The van der Waals surface area contributed by atoms with E-state index in [1.807, 2.05) is 28.8 Å². The number of nitrogens with one attached hydrogen (secondary N) is 1. The molecule has 1 amide bonds. The maximum atomic E-state index is 13.1. The third-order valence-electron chi connectivity index (χ3n) is 2.94. The Morgan fingerprint density at radius 2 is 2.09 bits per heavy atom. The van der Waals surface area contributed by atoms with Gasteiger partial charge in [0.15, 0.2) is 16.8 Å². The van der Waals surface area contributed by atoms with Crippen molar-refractivity contribution in [1.29, 1.82) is 0 Å². The summed E-state index contributed by atoms with van der Waals surface area (Å²) in [6.07, 6.45) is 3.58. The van der Waals surface area contributed by atoms with E-state index in [0.717, 1.165) is 17.6 Å². The number of fused-ring (bicyclic) bond motifs is 1. The second-order valence-electron chi connectivity index (χ2n) is 4.50. The normalized spacial score (nSPS) is 10.8. The highest BCUT2D eigenvalue weighted by atomic mass is 32.2. The molecule has 2 aromatic heterocycles. The summed E-state index contributed by atoms with van der Waals surface area (Å²) in [5.74, 6) is -2.14. The van der Waals surface area contributed by atoms with Crippen LogP contribution in [0.1, 0.15) is 0 Å². The largest absolute Gasteiger partial charge is 0.325 e. The minimum absolute atomic E-state index is 0.118. The van der Waals surface area contributed by atoms with Crippen molar-refractivity contribution >= 4 is 28.9 Å². The lowest BCUT2D eigenvalue weighted by atomic mass is 10.3. The molecular formula is C15H11F2N3OS. The fraction of sp³-hybridized carbons (Fsp3) is 0.0667. The number of amides is 1. The summed E-state index contributed by atoms with van der Waals surface area (Å²) in [5, 5.41) is 3.21. The number of carbonyl (C=O) groups excluding carboxylic acids is 1. The lowest BCUT2D eigenvalue weighted by Gasteiger charge is -2.05. The predicted molar refractivity (Wildman–Crippen MR) is 80.9 cm³/mol. The van der Waals surface area contributed by atoms with Crippen LogP contribution in [0.25, 0.3) is 5.52 Å². The third kappa shape index (κ3) is 3.09. The SMILES string of the molecule is O=C(CSc1ncc2ccccn12)Nc1ccc(F)c(F)c1. The van der Waals surface area contributed by atoms with Gasteiger partial charge in [-0.2, -0.15) is 0 Å². The fourth-order valence-corrected chi connectivity index (χ4v) is 2.69. The second-order valence-corrected chi connectivity index (χ2v) is 5.44. The van der Waals surface area contributed by atoms with E-state index < -0.39 is 11.6 Å². The number of aromatic nitrogens is 2. The number of imidazole rings is 1. The molecule has 1 aromatic carbocycles. The Balaban J connectivity index is 1.63. The van der Waals surface area contributed by atoms with Crippen LogP contribution in [-0.4, -0.2) is 21.0 Å². The maximum absolute atomic E-state index is 13.1. The standard InChI is InChI=1S/C15H11F2N3OS/c16-12-5-4-10(7-13(12)17)19-14(21)9-22-15-18-8-11-3-1-2-6-20(11)15/h1-8H,9H2,(H,19,21). The van der Waals surface area contributed by atoms with Crippen molar-refractivity contribution in [2.75, 3.05) is 11.1 Å². The van der Waals surface area contributed by atoms with Crippen LogP contribution in [0.4, 0.5) is 14.5 Å². The number of benzene rings is 1. The van der Waals surface area contributed by atoms with E-state index >= 15 is 0 Å². The minimum atomic E-state index is -0.996. The van der Waals surface area contributed by atoms with E-state index in [4.69, 9.17) is 0 Å². The van der Waals surface area contributed by atoms with Gasteiger partial charge in [-0.25, -0.2) is 13.8 Å².